The summed E-state index contributed by atoms with van der Waals surface area (Å²) in [5, 5.41) is 15.2. The lowest BCUT2D eigenvalue weighted by Gasteiger charge is -2.10. The molecule has 25 heavy (non-hydrogen) atoms. The number of benzene rings is 2. The van der Waals surface area contributed by atoms with Crippen LogP contribution in [0.1, 0.15) is 5.56 Å². The summed E-state index contributed by atoms with van der Waals surface area (Å²) in [7, 11) is 1.77. The molecule has 0 radical (unpaired) electrons. The van der Waals surface area contributed by atoms with Gasteiger partial charge in [0.1, 0.15) is 0 Å². The van der Waals surface area contributed by atoms with Gasteiger partial charge in [0.05, 0.1) is 16.8 Å². The molecule has 4 aromatic rings. The minimum Gasteiger partial charge on any atom is -0.292 e. The van der Waals surface area contributed by atoms with Crippen LogP contribution in [0.3, 0.4) is 0 Å². The van der Waals surface area contributed by atoms with E-state index in [0.717, 1.165) is 28.4 Å². The summed E-state index contributed by atoms with van der Waals surface area (Å²) in [6.45, 7) is 0. The number of aryl methyl sites for hydroxylation is 1. The van der Waals surface area contributed by atoms with Crippen molar-refractivity contribution in [1.82, 2.24) is 14.3 Å². The number of anilines is 1. The van der Waals surface area contributed by atoms with Gasteiger partial charge in [0.15, 0.2) is 5.65 Å². The average molecular weight is 346 g/mol. The second-order valence-corrected chi connectivity index (χ2v) is 5.76. The van der Waals surface area contributed by atoms with Crippen LogP contribution in [0.4, 0.5) is 18.9 Å². The van der Waals surface area contributed by atoms with Gasteiger partial charge in [-0.05, 0) is 42.5 Å². The van der Waals surface area contributed by atoms with E-state index < -0.39 is 11.7 Å². The number of fused-ring (bicyclic) bond motifs is 3. The van der Waals surface area contributed by atoms with Crippen molar-refractivity contribution in [2.24, 2.45) is 7.05 Å². The Balaban J connectivity index is 1.99. The maximum absolute atomic E-state index is 12.8. The van der Waals surface area contributed by atoms with Crippen LogP contribution in [0.2, 0.25) is 0 Å². The highest BCUT2D eigenvalue weighted by atomic mass is 19.4. The standard InChI is InChI=1S/C17H13F3N4O/c1-23-9-14-13-8-11(22-25)4-7-15(13)24(16(14)21-23)12-5-2-10(3-6-12)17(18,19)20/h2-9,22,25H,1H3. The zero-order valence-electron chi connectivity index (χ0n) is 13.0. The maximum atomic E-state index is 12.8. The third-order valence-electron chi connectivity index (χ3n) is 4.13. The van der Waals surface area contributed by atoms with Crippen molar-refractivity contribution in [1.29, 1.82) is 0 Å². The summed E-state index contributed by atoms with van der Waals surface area (Å²) in [6, 6.07) is 10.2. The topological polar surface area (TPSA) is 55.0 Å². The molecule has 2 N–H and O–H groups in total. The van der Waals surface area contributed by atoms with Gasteiger partial charge < -0.3 is 0 Å². The Hall–Kier alpha value is -3.00. The molecule has 0 saturated carbocycles. The SMILES string of the molecule is Cn1cc2c3cc(NO)ccc3n(-c3ccc(C(F)(F)F)cc3)c2n1. The van der Waals surface area contributed by atoms with E-state index in [2.05, 4.69) is 10.6 Å². The monoisotopic (exact) mass is 346 g/mol. The smallest absolute Gasteiger partial charge is 0.292 e. The first-order valence-corrected chi connectivity index (χ1v) is 7.44. The number of alkyl halides is 3. The minimum atomic E-state index is -4.38. The lowest BCUT2D eigenvalue weighted by Crippen LogP contribution is -2.05. The zero-order valence-corrected chi connectivity index (χ0v) is 13.0. The number of hydrogen-bond acceptors (Lipinski definition) is 3. The number of halogens is 3. The van der Waals surface area contributed by atoms with E-state index in [0.29, 0.717) is 17.0 Å². The van der Waals surface area contributed by atoms with Crippen LogP contribution in [0.5, 0.6) is 0 Å². The Morgan fingerprint density at radius 3 is 2.40 bits per heavy atom. The molecule has 5 nitrogen and oxygen atoms in total. The second-order valence-electron chi connectivity index (χ2n) is 5.76. The van der Waals surface area contributed by atoms with Crippen LogP contribution in [0.15, 0.2) is 48.7 Å². The summed E-state index contributed by atoms with van der Waals surface area (Å²) in [5.74, 6) is 0. The highest BCUT2D eigenvalue weighted by Crippen LogP contribution is 2.34. The quantitative estimate of drug-likeness (QED) is 0.531. The first-order valence-electron chi connectivity index (χ1n) is 7.44. The Kier molecular flexibility index (Phi) is 3.26. The van der Waals surface area contributed by atoms with Crippen LogP contribution in [-0.2, 0) is 13.2 Å². The van der Waals surface area contributed by atoms with Crippen molar-refractivity contribution in [3.05, 3.63) is 54.2 Å². The van der Waals surface area contributed by atoms with Crippen LogP contribution in [0.25, 0.3) is 27.6 Å². The Morgan fingerprint density at radius 1 is 1.04 bits per heavy atom. The van der Waals surface area contributed by atoms with Gasteiger partial charge in [0.2, 0.25) is 0 Å². The van der Waals surface area contributed by atoms with Gasteiger partial charge in [0, 0.05) is 29.7 Å². The molecule has 0 bridgehead atoms. The number of nitrogens with zero attached hydrogens (tertiary/aromatic N) is 3. The van der Waals surface area contributed by atoms with E-state index >= 15 is 0 Å². The molecule has 0 unspecified atom stereocenters. The van der Waals surface area contributed by atoms with E-state index in [9.17, 15) is 13.2 Å². The molecule has 0 aliphatic heterocycles. The van der Waals surface area contributed by atoms with E-state index in [1.54, 1.807) is 34.5 Å². The normalized spacial score (nSPS) is 12.2. The van der Waals surface area contributed by atoms with Crippen molar-refractivity contribution in [2.45, 2.75) is 6.18 Å². The maximum Gasteiger partial charge on any atom is 0.416 e. The highest BCUT2D eigenvalue weighted by Gasteiger charge is 2.30. The molecule has 2 heterocycles. The molecule has 2 aromatic carbocycles. The summed E-state index contributed by atoms with van der Waals surface area (Å²) in [4.78, 5) is 0. The lowest BCUT2D eigenvalue weighted by atomic mass is 10.2. The third kappa shape index (κ3) is 2.42. The first-order chi connectivity index (χ1) is 11.9. The Morgan fingerprint density at radius 2 is 1.76 bits per heavy atom. The molecule has 0 fully saturated rings. The predicted molar refractivity (Wildman–Crippen MR) is 88.0 cm³/mol. The Labute approximate surface area is 139 Å². The largest absolute Gasteiger partial charge is 0.416 e. The fraction of sp³-hybridized carbons (Fsp3) is 0.118. The Bertz CT molecular complexity index is 1080. The van der Waals surface area contributed by atoms with Gasteiger partial charge in [0.25, 0.3) is 0 Å². The van der Waals surface area contributed by atoms with Gasteiger partial charge in [-0.3, -0.25) is 19.9 Å². The molecule has 8 heteroatoms. The van der Waals surface area contributed by atoms with Crippen LogP contribution >= 0.6 is 0 Å². The van der Waals surface area contributed by atoms with Gasteiger partial charge in [-0.15, -0.1) is 0 Å². The van der Waals surface area contributed by atoms with E-state index in [4.69, 9.17) is 5.21 Å². The molecule has 0 amide bonds. The van der Waals surface area contributed by atoms with E-state index in [-0.39, 0.29) is 0 Å². The molecule has 0 spiro atoms. The number of hydrogen-bond donors (Lipinski definition) is 2. The third-order valence-corrected chi connectivity index (χ3v) is 4.13. The van der Waals surface area contributed by atoms with Gasteiger partial charge >= 0.3 is 6.18 Å². The summed E-state index contributed by atoms with van der Waals surface area (Å²) < 4.78 is 41.8. The van der Waals surface area contributed by atoms with Crippen LogP contribution in [0, 0.1) is 0 Å². The van der Waals surface area contributed by atoms with Crippen LogP contribution in [-0.4, -0.2) is 19.6 Å². The zero-order chi connectivity index (χ0) is 17.8. The summed E-state index contributed by atoms with van der Waals surface area (Å²) in [5.41, 5.74) is 3.92. The van der Waals surface area contributed by atoms with Crippen molar-refractivity contribution >= 4 is 27.6 Å². The van der Waals surface area contributed by atoms with Crippen molar-refractivity contribution in [2.75, 3.05) is 5.48 Å². The molecular formula is C17H13F3N4O. The molecule has 0 atom stereocenters. The van der Waals surface area contributed by atoms with Crippen LogP contribution < -0.4 is 5.48 Å². The van der Waals surface area contributed by atoms with Gasteiger partial charge in [-0.25, -0.2) is 0 Å². The predicted octanol–water partition coefficient (Wildman–Crippen LogP) is 4.34. The summed E-state index contributed by atoms with van der Waals surface area (Å²) >= 11 is 0. The van der Waals surface area contributed by atoms with Crippen molar-refractivity contribution in [3.63, 3.8) is 0 Å². The van der Waals surface area contributed by atoms with E-state index in [1.807, 2.05) is 6.20 Å². The van der Waals surface area contributed by atoms with Crippen molar-refractivity contribution in [3.8, 4) is 5.69 Å². The number of nitrogens with one attached hydrogen (secondary N) is 1. The fourth-order valence-corrected chi connectivity index (χ4v) is 3.02. The molecule has 4 rings (SSSR count). The van der Waals surface area contributed by atoms with Gasteiger partial charge in [-0.2, -0.15) is 18.3 Å². The fourth-order valence-electron chi connectivity index (χ4n) is 3.02. The molecular weight excluding hydrogens is 333 g/mol. The molecule has 0 aliphatic rings. The summed E-state index contributed by atoms with van der Waals surface area (Å²) in [6.07, 6.45) is -2.54. The second kappa shape index (κ2) is 5.25. The average Bonchev–Trinajstić information content (AvgIpc) is 3.08. The van der Waals surface area contributed by atoms with Gasteiger partial charge in [-0.1, -0.05) is 0 Å². The minimum absolute atomic E-state index is 0.517. The molecule has 0 aliphatic carbocycles. The molecule has 2 aromatic heterocycles. The first kappa shape index (κ1) is 15.5. The number of rotatable bonds is 2. The molecule has 0 saturated heterocycles. The number of aromatic nitrogens is 3. The van der Waals surface area contributed by atoms with E-state index in [1.165, 1.54) is 12.1 Å². The molecule has 128 valence electrons. The highest BCUT2D eigenvalue weighted by molar-refractivity contribution is 6.08. The lowest BCUT2D eigenvalue weighted by molar-refractivity contribution is -0.137. The van der Waals surface area contributed by atoms with Crippen molar-refractivity contribution < 1.29 is 18.4 Å².